The van der Waals surface area contributed by atoms with Crippen molar-refractivity contribution in [2.75, 3.05) is 6.61 Å². The number of nitrogens with one attached hydrogen (secondary N) is 1. The third-order valence-corrected chi connectivity index (χ3v) is 3.52. The van der Waals surface area contributed by atoms with E-state index in [2.05, 4.69) is 9.51 Å². The van der Waals surface area contributed by atoms with Crippen LogP contribution in [0.2, 0.25) is 0 Å². The first-order valence-electron chi connectivity index (χ1n) is 5.99. The number of aliphatic hydroxyl groups is 1. The molecule has 2 heterocycles. The van der Waals surface area contributed by atoms with Gasteiger partial charge in [-0.2, -0.15) is 0 Å². The number of hydrogen-bond donors (Lipinski definition) is 2. The van der Waals surface area contributed by atoms with Crippen LogP contribution in [0.5, 0.6) is 0 Å². The van der Waals surface area contributed by atoms with Crippen LogP contribution in [0.3, 0.4) is 0 Å². The molecule has 0 spiro atoms. The molecule has 1 aliphatic heterocycles. The van der Waals surface area contributed by atoms with Crippen LogP contribution in [0.4, 0.5) is 0 Å². The number of aromatic amines is 1. The van der Waals surface area contributed by atoms with E-state index in [-0.39, 0.29) is 49.7 Å². The first-order chi connectivity index (χ1) is 9.67. The first kappa shape index (κ1) is 22.9. The Morgan fingerprint density at radius 1 is 1.48 bits per heavy atom. The molecule has 0 radical (unpaired) electrons. The summed E-state index contributed by atoms with van der Waals surface area (Å²) in [6.45, 7) is 0.852. The van der Waals surface area contributed by atoms with Gasteiger partial charge in [-0.25, -0.2) is 4.79 Å². The van der Waals surface area contributed by atoms with Crippen LogP contribution in [0, 0.1) is 6.92 Å². The fraction of sp³-hybridized carbons (Fsp3) is 0.600. The van der Waals surface area contributed by atoms with Crippen LogP contribution in [0.25, 0.3) is 0 Å². The average Bonchev–Trinajstić information content (AvgIpc) is 2.72. The number of aryl methyl sites for hydroxylation is 1. The molecule has 0 aromatic carbocycles. The number of hydrogen-bond acceptors (Lipinski definition) is 8. The van der Waals surface area contributed by atoms with E-state index >= 15 is 0 Å². The second kappa shape index (κ2) is 8.84. The summed E-state index contributed by atoms with van der Waals surface area (Å²) < 4.78 is 20.8. The van der Waals surface area contributed by atoms with E-state index in [1.165, 1.54) is 13.1 Å². The molecule has 1 aliphatic rings. The topological polar surface area (TPSA) is 157 Å². The number of H-pyrrole nitrogens is 1. The van der Waals surface area contributed by atoms with Gasteiger partial charge in [0.2, 0.25) is 0 Å². The number of rotatable bonds is 4. The van der Waals surface area contributed by atoms with Crippen molar-refractivity contribution >= 4 is 7.82 Å². The van der Waals surface area contributed by atoms with Gasteiger partial charge in [0.1, 0.15) is 12.3 Å². The third-order valence-electron chi connectivity index (χ3n) is 3.06. The fourth-order valence-electron chi connectivity index (χ4n) is 2.00. The van der Waals surface area contributed by atoms with E-state index in [4.69, 9.17) is 4.74 Å². The minimum atomic E-state index is -5.17. The van der Waals surface area contributed by atoms with E-state index in [9.17, 15) is 29.0 Å². The Morgan fingerprint density at radius 3 is 2.65 bits per heavy atom. The van der Waals surface area contributed by atoms with Gasteiger partial charge in [-0.3, -0.25) is 14.3 Å². The van der Waals surface area contributed by atoms with Gasteiger partial charge >= 0.3 is 43.4 Å². The molecule has 23 heavy (non-hydrogen) atoms. The first-order valence-corrected chi connectivity index (χ1v) is 7.45. The molecule has 13 heteroatoms. The number of phosphoric acid groups is 1. The van der Waals surface area contributed by atoms with Crippen LogP contribution in [-0.2, 0) is 13.8 Å². The number of aromatic nitrogens is 2. The minimum Gasteiger partial charge on any atom is -0.790 e. The van der Waals surface area contributed by atoms with E-state index in [1.807, 2.05) is 0 Å². The largest absolute Gasteiger partial charge is 1.00 e. The number of aliphatic hydroxyl groups excluding tert-OH is 1. The smallest absolute Gasteiger partial charge is 0.790 e. The van der Waals surface area contributed by atoms with E-state index in [0.29, 0.717) is 0 Å². The van der Waals surface area contributed by atoms with Gasteiger partial charge in [0.25, 0.3) is 5.56 Å². The quantitative estimate of drug-likeness (QED) is 0.310. The van der Waals surface area contributed by atoms with Gasteiger partial charge in [-0.05, 0) is 6.92 Å². The summed E-state index contributed by atoms with van der Waals surface area (Å²) in [6, 6.07) is 0. The molecule has 3 atom stereocenters. The maximum atomic E-state index is 11.7. The molecule has 10 nitrogen and oxygen atoms in total. The molecule has 1 fully saturated rings. The Balaban J connectivity index is 0.00000242. The Bertz CT molecular complexity index is 686. The second-order valence-corrected chi connectivity index (χ2v) is 5.81. The van der Waals surface area contributed by atoms with Crippen LogP contribution >= 0.6 is 7.82 Å². The Morgan fingerprint density at radius 2 is 2.09 bits per heavy atom. The van der Waals surface area contributed by atoms with E-state index in [0.717, 1.165) is 4.57 Å². The van der Waals surface area contributed by atoms with Crippen LogP contribution in [-0.4, -0.2) is 33.5 Å². The zero-order valence-corrected chi connectivity index (χ0v) is 13.8. The van der Waals surface area contributed by atoms with Gasteiger partial charge in [0.05, 0.1) is 20.5 Å². The van der Waals surface area contributed by atoms with Gasteiger partial charge in [0, 0.05) is 18.2 Å². The number of nitrogens with zero attached hydrogens (tertiary/aromatic N) is 1. The van der Waals surface area contributed by atoms with Gasteiger partial charge in [-0.1, -0.05) is 0 Å². The van der Waals surface area contributed by atoms with Gasteiger partial charge < -0.3 is 28.7 Å². The van der Waals surface area contributed by atoms with Crippen LogP contribution in [0.1, 0.15) is 18.2 Å². The summed E-state index contributed by atoms with van der Waals surface area (Å²) in [5.74, 6) is 0. The average molecular weight is 344 g/mol. The maximum absolute atomic E-state index is 11.7. The molecule has 1 aromatic heterocycles. The van der Waals surface area contributed by atoms with Crippen LogP contribution in [0.15, 0.2) is 15.8 Å². The molecule has 0 amide bonds. The normalized spacial score (nSPS) is 23.9. The molecule has 0 unspecified atom stereocenters. The Labute approximate surface area is 154 Å². The van der Waals surface area contributed by atoms with Crippen molar-refractivity contribution in [2.24, 2.45) is 0 Å². The zero-order chi connectivity index (χ0) is 15.8. The predicted molar refractivity (Wildman–Crippen MR) is 64.2 cm³/mol. The molecule has 2 rings (SSSR count). The third kappa shape index (κ3) is 6.04. The standard InChI is InChI=1S/C10H15N2O8P.2Li/c1-5-3-12(10(15)11-9(5)14)8-2-6(13)7(20-8)4-19-21(16,17)18;;/h3,6-8,13H,2,4H2,1H3,(H,11,14,15)(H2,16,17,18);;/q;2*+1/p-2/t6-,7-,8-;;/m1../s1/i1+1,2+1,3+1,4+1,5+1,6+1,7+1,8+1,9+1,10+1;;. The summed E-state index contributed by atoms with van der Waals surface area (Å²) in [5.41, 5.74) is -0.980. The van der Waals surface area contributed by atoms with Gasteiger partial charge in [0.15, 0.2) is 0 Å². The SMILES string of the molecule is [13CH3][13c]1[13cH]n([13C@H]2[13CH2][13C@@H](O)[13C@@H]([13CH2]OP(=O)([O-])[O-])O2)[13c](=O)[nH][13c]1=O.[Li+].[Li+]. The van der Waals surface area contributed by atoms with Crippen molar-refractivity contribution in [3.8, 4) is 0 Å². The summed E-state index contributed by atoms with van der Waals surface area (Å²) in [7, 11) is -5.17. The van der Waals surface area contributed by atoms with Crippen LogP contribution < -0.4 is 58.8 Å². The summed E-state index contributed by atoms with van der Waals surface area (Å²) in [5, 5.41) is 9.75. The van der Waals surface area contributed by atoms with Crippen molar-refractivity contribution in [2.45, 2.75) is 31.8 Å². The molecule has 0 saturated carbocycles. The van der Waals surface area contributed by atoms with Crippen molar-refractivity contribution in [3.05, 3.63) is 32.6 Å². The fourth-order valence-corrected chi connectivity index (χ4v) is 2.33. The van der Waals surface area contributed by atoms with Gasteiger partial charge in [-0.15, -0.1) is 0 Å². The van der Waals surface area contributed by atoms with E-state index in [1.54, 1.807) is 0 Å². The number of phosphoric ester groups is 1. The molecular formula is C10H13Li2N2O8P. The van der Waals surface area contributed by atoms with Crippen molar-refractivity contribution in [1.82, 2.24) is 9.55 Å². The second-order valence-electron chi connectivity index (χ2n) is 4.65. The summed E-state index contributed by atoms with van der Waals surface area (Å²) in [4.78, 5) is 45.8. The molecular weight excluding hydrogens is 331 g/mol. The predicted octanol–water partition coefficient (Wildman–Crippen LogP) is -8.65. The minimum absolute atomic E-state index is 0. The molecule has 1 saturated heterocycles. The zero-order valence-electron chi connectivity index (χ0n) is 12.9. The van der Waals surface area contributed by atoms with E-state index < -0.39 is 44.1 Å². The van der Waals surface area contributed by atoms with Crippen molar-refractivity contribution in [1.29, 1.82) is 0 Å². The summed E-state index contributed by atoms with van der Waals surface area (Å²) in [6.07, 6.45) is -1.81. The Kier molecular flexibility index (Phi) is 8.80. The molecule has 1 aromatic rings. The molecule has 118 valence electrons. The monoisotopic (exact) mass is 344 g/mol. The molecule has 0 aliphatic carbocycles. The molecule has 0 bridgehead atoms. The maximum Gasteiger partial charge on any atom is 1.00 e. The van der Waals surface area contributed by atoms with Crippen molar-refractivity contribution < 1.29 is 66.4 Å². The number of ether oxygens (including phenoxy) is 1. The molecule has 2 N–H and O–H groups in total. The van der Waals surface area contributed by atoms with Crippen molar-refractivity contribution in [3.63, 3.8) is 0 Å². The summed E-state index contributed by atoms with van der Waals surface area (Å²) >= 11 is 0. The Hall–Kier alpha value is -0.0952.